The second-order valence-corrected chi connectivity index (χ2v) is 5.92. The molecule has 1 aromatic heterocycles. The first-order valence-corrected chi connectivity index (χ1v) is 8.00. The van der Waals surface area contributed by atoms with Crippen molar-refractivity contribution >= 4 is 23.4 Å². The molecule has 0 aliphatic carbocycles. The molecule has 3 rings (SSSR count). The third-order valence-corrected chi connectivity index (χ3v) is 4.00. The fraction of sp³-hybridized carbons (Fsp3) is 0.278. The van der Waals surface area contributed by atoms with Gasteiger partial charge in [-0.15, -0.1) is 0 Å². The van der Waals surface area contributed by atoms with Gasteiger partial charge in [-0.05, 0) is 48.9 Å². The third-order valence-electron chi connectivity index (χ3n) is 4.00. The number of methoxy groups -OCH3 is 1. The van der Waals surface area contributed by atoms with Gasteiger partial charge < -0.3 is 15.0 Å². The summed E-state index contributed by atoms with van der Waals surface area (Å²) in [5.41, 5.74) is 1.79. The number of hydrogen-bond donors (Lipinski definition) is 2. The van der Waals surface area contributed by atoms with Gasteiger partial charge in [-0.25, -0.2) is 9.78 Å². The highest BCUT2D eigenvalue weighted by atomic mass is 16.5. The molecule has 1 unspecified atom stereocenters. The van der Waals surface area contributed by atoms with Crippen LogP contribution in [0.1, 0.15) is 12.0 Å². The van der Waals surface area contributed by atoms with Gasteiger partial charge in [0.1, 0.15) is 11.6 Å². The Labute approximate surface area is 146 Å². The predicted octanol–water partition coefficient (Wildman–Crippen LogP) is 2.33. The summed E-state index contributed by atoms with van der Waals surface area (Å²) in [4.78, 5) is 30.1. The summed E-state index contributed by atoms with van der Waals surface area (Å²) in [6.07, 6.45) is 1.90. The van der Waals surface area contributed by atoms with Crippen molar-refractivity contribution in [3.05, 3.63) is 48.2 Å². The number of anilines is 2. The van der Waals surface area contributed by atoms with Crippen LogP contribution in [-0.4, -0.2) is 36.6 Å². The zero-order valence-corrected chi connectivity index (χ0v) is 14.2. The molecule has 0 spiro atoms. The molecule has 25 heavy (non-hydrogen) atoms. The monoisotopic (exact) mass is 340 g/mol. The topological polar surface area (TPSA) is 83.6 Å². The number of aryl methyl sites for hydroxylation is 1. The molecule has 0 radical (unpaired) electrons. The van der Waals surface area contributed by atoms with Crippen molar-refractivity contribution in [3.8, 4) is 5.75 Å². The number of ether oxygens (including phenoxy) is 1. The maximum atomic E-state index is 12.2. The van der Waals surface area contributed by atoms with E-state index < -0.39 is 0 Å². The van der Waals surface area contributed by atoms with E-state index in [0.29, 0.717) is 12.4 Å². The molecule has 7 nitrogen and oxygen atoms in total. The first-order valence-electron chi connectivity index (χ1n) is 8.00. The van der Waals surface area contributed by atoms with E-state index in [1.807, 2.05) is 25.1 Å². The van der Waals surface area contributed by atoms with Gasteiger partial charge in [0.15, 0.2) is 0 Å². The number of urea groups is 1. The number of nitrogens with one attached hydrogen (secondary N) is 2. The maximum Gasteiger partial charge on any atom is 0.320 e. The Kier molecular flexibility index (Phi) is 4.83. The standard InChI is InChI=1S/C18H20N4O3/c1-12-7-8-19-16(9-12)21-18(24)20-13-10-17(23)22(11-13)14-3-5-15(25-2)6-4-14/h3-9,13H,10-11H2,1-2H3,(H2,19,20,21,24). The van der Waals surface area contributed by atoms with Crippen molar-refractivity contribution in [2.24, 2.45) is 0 Å². The highest BCUT2D eigenvalue weighted by molar-refractivity contribution is 5.97. The van der Waals surface area contributed by atoms with Crippen LogP contribution in [0, 0.1) is 6.92 Å². The normalized spacial score (nSPS) is 16.6. The molecule has 1 aliphatic heterocycles. The minimum absolute atomic E-state index is 0.0239. The number of hydrogen-bond acceptors (Lipinski definition) is 4. The molecule has 1 atom stereocenters. The van der Waals surface area contributed by atoms with Crippen molar-refractivity contribution in [2.75, 3.05) is 23.9 Å². The molecule has 1 aromatic carbocycles. The van der Waals surface area contributed by atoms with Gasteiger partial charge in [-0.1, -0.05) is 0 Å². The Morgan fingerprint density at radius 2 is 2.04 bits per heavy atom. The summed E-state index contributed by atoms with van der Waals surface area (Å²) in [5.74, 6) is 1.19. The minimum Gasteiger partial charge on any atom is -0.497 e. The molecular formula is C18H20N4O3. The number of benzene rings is 1. The lowest BCUT2D eigenvalue weighted by Gasteiger charge is -2.17. The Bertz CT molecular complexity index is 776. The molecule has 130 valence electrons. The van der Waals surface area contributed by atoms with Crippen molar-refractivity contribution in [1.82, 2.24) is 10.3 Å². The van der Waals surface area contributed by atoms with Crippen LogP contribution < -0.4 is 20.3 Å². The fourth-order valence-electron chi connectivity index (χ4n) is 2.76. The fourth-order valence-corrected chi connectivity index (χ4v) is 2.76. The summed E-state index contributed by atoms with van der Waals surface area (Å²) < 4.78 is 5.12. The van der Waals surface area contributed by atoms with E-state index in [4.69, 9.17) is 4.74 Å². The van der Waals surface area contributed by atoms with E-state index in [9.17, 15) is 9.59 Å². The van der Waals surface area contributed by atoms with Gasteiger partial charge in [0.05, 0.1) is 13.2 Å². The van der Waals surface area contributed by atoms with E-state index in [1.165, 1.54) is 0 Å². The first kappa shape index (κ1) is 16.8. The first-order chi connectivity index (χ1) is 12.0. The van der Waals surface area contributed by atoms with E-state index in [2.05, 4.69) is 15.6 Å². The second-order valence-electron chi connectivity index (χ2n) is 5.92. The number of carbonyl (C=O) groups is 2. The largest absolute Gasteiger partial charge is 0.497 e. The number of aromatic nitrogens is 1. The smallest absolute Gasteiger partial charge is 0.320 e. The summed E-state index contributed by atoms with van der Waals surface area (Å²) >= 11 is 0. The Morgan fingerprint density at radius 3 is 2.72 bits per heavy atom. The van der Waals surface area contributed by atoms with E-state index in [1.54, 1.807) is 36.4 Å². The Hall–Kier alpha value is -3.09. The molecule has 0 saturated carbocycles. The van der Waals surface area contributed by atoms with Gasteiger partial charge in [-0.3, -0.25) is 10.1 Å². The van der Waals surface area contributed by atoms with Gasteiger partial charge in [-0.2, -0.15) is 0 Å². The van der Waals surface area contributed by atoms with Gasteiger partial charge in [0.25, 0.3) is 0 Å². The van der Waals surface area contributed by atoms with Crippen LogP contribution in [0.2, 0.25) is 0 Å². The maximum absolute atomic E-state index is 12.2. The van der Waals surface area contributed by atoms with Gasteiger partial charge in [0.2, 0.25) is 5.91 Å². The highest BCUT2D eigenvalue weighted by Gasteiger charge is 2.31. The summed E-state index contributed by atoms with van der Waals surface area (Å²) in [6, 6.07) is 10.3. The minimum atomic E-state index is -0.368. The van der Waals surface area contributed by atoms with Crippen LogP contribution in [0.3, 0.4) is 0 Å². The van der Waals surface area contributed by atoms with E-state index in [-0.39, 0.29) is 24.4 Å². The lowest BCUT2D eigenvalue weighted by molar-refractivity contribution is -0.117. The van der Waals surface area contributed by atoms with Gasteiger partial charge in [0, 0.05) is 24.8 Å². The summed E-state index contributed by atoms with van der Waals surface area (Å²) in [5, 5.41) is 5.51. The van der Waals surface area contributed by atoms with Crippen molar-refractivity contribution in [3.63, 3.8) is 0 Å². The molecule has 1 aliphatic rings. The molecule has 3 amide bonds. The van der Waals surface area contributed by atoms with Crippen molar-refractivity contribution in [1.29, 1.82) is 0 Å². The van der Waals surface area contributed by atoms with Crippen molar-refractivity contribution in [2.45, 2.75) is 19.4 Å². The molecule has 0 bridgehead atoms. The van der Waals surface area contributed by atoms with Crippen LogP contribution in [0.15, 0.2) is 42.6 Å². The molecule has 2 heterocycles. The number of rotatable bonds is 4. The Morgan fingerprint density at radius 1 is 1.28 bits per heavy atom. The zero-order valence-electron chi connectivity index (χ0n) is 14.2. The number of amides is 3. The van der Waals surface area contributed by atoms with Crippen LogP contribution in [0.5, 0.6) is 5.75 Å². The van der Waals surface area contributed by atoms with E-state index >= 15 is 0 Å². The van der Waals surface area contributed by atoms with Crippen LogP contribution in [0.25, 0.3) is 0 Å². The summed E-state index contributed by atoms with van der Waals surface area (Å²) in [7, 11) is 1.59. The van der Waals surface area contributed by atoms with Crippen LogP contribution >= 0.6 is 0 Å². The molecule has 2 aromatic rings. The van der Waals surface area contributed by atoms with Crippen LogP contribution in [0.4, 0.5) is 16.3 Å². The van der Waals surface area contributed by atoms with Gasteiger partial charge >= 0.3 is 6.03 Å². The molecule has 2 N–H and O–H groups in total. The average molecular weight is 340 g/mol. The average Bonchev–Trinajstić information content (AvgIpc) is 2.95. The third kappa shape index (κ3) is 4.06. The van der Waals surface area contributed by atoms with E-state index in [0.717, 1.165) is 17.0 Å². The second kappa shape index (κ2) is 7.21. The lowest BCUT2D eigenvalue weighted by atomic mass is 10.2. The highest BCUT2D eigenvalue weighted by Crippen LogP contribution is 2.24. The molecule has 1 saturated heterocycles. The lowest BCUT2D eigenvalue weighted by Crippen LogP contribution is -2.39. The number of pyridine rings is 1. The molecule has 7 heteroatoms. The molecular weight excluding hydrogens is 320 g/mol. The quantitative estimate of drug-likeness (QED) is 0.895. The number of carbonyl (C=O) groups excluding carboxylic acids is 2. The number of nitrogens with zero attached hydrogens (tertiary/aromatic N) is 2. The SMILES string of the molecule is COc1ccc(N2CC(NC(=O)Nc3cc(C)ccn3)CC2=O)cc1. The van der Waals surface area contributed by atoms with Crippen LogP contribution in [-0.2, 0) is 4.79 Å². The predicted molar refractivity (Wildman–Crippen MR) is 94.9 cm³/mol. The summed E-state index contributed by atoms with van der Waals surface area (Å²) in [6.45, 7) is 2.35. The zero-order chi connectivity index (χ0) is 17.8. The molecule has 1 fully saturated rings. The van der Waals surface area contributed by atoms with Crippen molar-refractivity contribution < 1.29 is 14.3 Å². The Balaban J connectivity index is 1.59.